The van der Waals surface area contributed by atoms with Crippen LogP contribution in [-0.2, 0) is 0 Å². The van der Waals surface area contributed by atoms with Gasteiger partial charge < -0.3 is 5.32 Å². The van der Waals surface area contributed by atoms with E-state index >= 15 is 0 Å². The van der Waals surface area contributed by atoms with Crippen LogP contribution in [0.25, 0.3) is 0 Å². The summed E-state index contributed by atoms with van der Waals surface area (Å²) in [5.41, 5.74) is 1.42. The number of rotatable bonds is 2. The first-order valence-electron chi connectivity index (χ1n) is 5.02. The Labute approximate surface area is 121 Å². The molecule has 2 rings (SSSR count). The van der Waals surface area contributed by atoms with Crippen LogP contribution in [0.5, 0.6) is 0 Å². The van der Waals surface area contributed by atoms with Crippen LogP contribution < -0.4 is 5.32 Å². The molecule has 0 heterocycles. The first-order chi connectivity index (χ1) is 8.61. The van der Waals surface area contributed by atoms with E-state index in [0.29, 0.717) is 5.69 Å². The van der Waals surface area contributed by atoms with Crippen molar-refractivity contribution in [2.24, 2.45) is 0 Å². The fourth-order valence-corrected chi connectivity index (χ4v) is 2.64. The summed E-state index contributed by atoms with van der Waals surface area (Å²) in [5, 5.41) is 11.8. The Kier molecular flexibility index (Phi) is 4.00. The normalized spacial score (nSPS) is 9.89. The molecule has 5 heteroatoms. The third kappa shape index (κ3) is 2.71. The Hall–Kier alpha value is -1.38. The van der Waals surface area contributed by atoms with Gasteiger partial charge in [0.2, 0.25) is 0 Å². The molecular formula is C13H7Br2FN2. The highest BCUT2D eigenvalue weighted by molar-refractivity contribution is 9.11. The van der Waals surface area contributed by atoms with Gasteiger partial charge in [-0.2, -0.15) is 5.26 Å². The average Bonchev–Trinajstić information content (AvgIpc) is 2.34. The standard InChI is InChI=1S/C13H7Br2FN2/c14-10-2-1-3-11(15)13(10)18-9-5-4-8(7-17)12(16)6-9/h1-6,18H. The van der Waals surface area contributed by atoms with Gasteiger partial charge in [0, 0.05) is 14.6 Å². The molecule has 0 aliphatic heterocycles. The van der Waals surface area contributed by atoms with Crippen LogP contribution in [0.1, 0.15) is 5.56 Å². The number of hydrogen-bond acceptors (Lipinski definition) is 2. The second-order valence-corrected chi connectivity index (χ2v) is 5.24. The fourth-order valence-electron chi connectivity index (χ4n) is 1.45. The number of halogens is 3. The Morgan fingerprint density at radius 3 is 2.33 bits per heavy atom. The lowest BCUT2D eigenvalue weighted by Gasteiger charge is -2.11. The smallest absolute Gasteiger partial charge is 0.143 e. The molecule has 2 aromatic carbocycles. The molecule has 0 bridgehead atoms. The molecule has 0 fully saturated rings. The zero-order valence-electron chi connectivity index (χ0n) is 9.05. The topological polar surface area (TPSA) is 35.8 Å². The summed E-state index contributed by atoms with van der Waals surface area (Å²) >= 11 is 6.83. The first-order valence-corrected chi connectivity index (χ1v) is 6.61. The van der Waals surface area contributed by atoms with Gasteiger partial charge in [0.15, 0.2) is 0 Å². The van der Waals surface area contributed by atoms with Crippen LogP contribution in [0, 0.1) is 17.1 Å². The second kappa shape index (κ2) is 5.51. The summed E-state index contributed by atoms with van der Waals surface area (Å²) in [7, 11) is 0. The minimum atomic E-state index is -0.536. The number of hydrogen-bond donors (Lipinski definition) is 1. The lowest BCUT2D eigenvalue weighted by atomic mass is 10.2. The molecule has 0 spiro atoms. The maximum atomic E-state index is 13.5. The van der Waals surface area contributed by atoms with E-state index in [1.54, 1.807) is 12.1 Å². The molecule has 0 aromatic heterocycles. The largest absolute Gasteiger partial charge is 0.354 e. The molecule has 2 aromatic rings. The zero-order valence-corrected chi connectivity index (χ0v) is 12.2. The van der Waals surface area contributed by atoms with Crippen molar-refractivity contribution >= 4 is 43.2 Å². The predicted octanol–water partition coefficient (Wildman–Crippen LogP) is 4.97. The average molecular weight is 370 g/mol. The van der Waals surface area contributed by atoms with E-state index in [-0.39, 0.29) is 5.56 Å². The van der Waals surface area contributed by atoms with Crippen LogP contribution in [0.2, 0.25) is 0 Å². The highest BCUT2D eigenvalue weighted by Crippen LogP contribution is 2.33. The van der Waals surface area contributed by atoms with Gasteiger partial charge in [0.1, 0.15) is 11.9 Å². The summed E-state index contributed by atoms with van der Waals surface area (Å²) in [5.74, 6) is -0.536. The van der Waals surface area contributed by atoms with Crippen LogP contribution in [0.4, 0.5) is 15.8 Å². The van der Waals surface area contributed by atoms with Crippen molar-refractivity contribution in [1.29, 1.82) is 5.26 Å². The van der Waals surface area contributed by atoms with Gasteiger partial charge in [0.25, 0.3) is 0 Å². The molecule has 0 amide bonds. The van der Waals surface area contributed by atoms with Crippen LogP contribution in [0.15, 0.2) is 45.3 Å². The van der Waals surface area contributed by atoms with Crippen LogP contribution >= 0.6 is 31.9 Å². The van der Waals surface area contributed by atoms with Gasteiger partial charge in [-0.1, -0.05) is 6.07 Å². The zero-order chi connectivity index (χ0) is 13.1. The molecule has 0 unspecified atom stereocenters. The Bertz CT molecular complexity index is 615. The Balaban J connectivity index is 2.35. The molecule has 2 nitrogen and oxygen atoms in total. The maximum Gasteiger partial charge on any atom is 0.143 e. The lowest BCUT2D eigenvalue weighted by molar-refractivity contribution is 0.624. The second-order valence-electron chi connectivity index (χ2n) is 3.53. The Morgan fingerprint density at radius 2 is 1.78 bits per heavy atom. The van der Waals surface area contributed by atoms with Crippen molar-refractivity contribution in [2.45, 2.75) is 0 Å². The van der Waals surface area contributed by atoms with Crippen LogP contribution in [-0.4, -0.2) is 0 Å². The molecular weight excluding hydrogens is 363 g/mol. The Morgan fingerprint density at radius 1 is 1.11 bits per heavy atom. The molecule has 0 saturated heterocycles. The minimum Gasteiger partial charge on any atom is -0.354 e. The van der Waals surface area contributed by atoms with E-state index < -0.39 is 5.82 Å². The predicted molar refractivity (Wildman–Crippen MR) is 76.2 cm³/mol. The minimum absolute atomic E-state index is 0.0340. The summed E-state index contributed by atoms with van der Waals surface area (Å²) < 4.78 is 15.2. The quantitative estimate of drug-likeness (QED) is 0.811. The van der Waals surface area contributed by atoms with E-state index in [1.165, 1.54) is 12.1 Å². The van der Waals surface area contributed by atoms with E-state index in [2.05, 4.69) is 37.2 Å². The summed E-state index contributed by atoms with van der Waals surface area (Å²) in [6.07, 6.45) is 0. The number of nitriles is 1. The van der Waals surface area contributed by atoms with Gasteiger partial charge in [-0.15, -0.1) is 0 Å². The van der Waals surface area contributed by atoms with Gasteiger partial charge in [0.05, 0.1) is 11.3 Å². The van der Waals surface area contributed by atoms with Gasteiger partial charge in [-0.25, -0.2) is 4.39 Å². The van der Waals surface area contributed by atoms with Crippen molar-refractivity contribution < 1.29 is 4.39 Å². The molecule has 0 aliphatic carbocycles. The number of benzene rings is 2. The van der Waals surface area contributed by atoms with Crippen molar-refractivity contribution in [3.05, 3.63) is 56.7 Å². The third-order valence-corrected chi connectivity index (χ3v) is 3.64. The molecule has 90 valence electrons. The molecule has 18 heavy (non-hydrogen) atoms. The highest BCUT2D eigenvalue weighted by Gasteiger charge is 2.07. The van der Waals surface area contributed by atoms with Crippen LogP contribution in [0.3, 0.4) is 0 Å². The lowest BCUT2D eigenvalue weighted by Crippen LogP contribution is -1.94. The number of anilines is 2. The van der Waals surface area contributed by atoms with E-state index in [4.69, 9.17) is 5.26 Å². The van der Waals surface area contributed by atoms with Gasteiger partial charge in [-0.3, -0.25) is 0 Å². The number of nitrogens with zero attached hydrogens (tertiary/aromatic N) is 1. The number of nitrogens with one attached hydrogen (secondary N) is 1. The third-order valence-electron chi connectivity index (χ3n) is 2.32. The molecule has 0 radical (unpaired) electrons. The summed E-state index contributed by atoms with van der Waals surface area (Å²) in [4.78, 5) is 0. The van der Waals surface area contributed by atoms with E-state index in [9.17, 15) is 4.39 Å². The molecule has 0 saturated carbocycles. The van der Waals surface area contributed by atoms with Gasteiger partial charge >= 0.3 is 0 Å². The number of para-hydroxylation sites is 1. The van der Waals surface area contributed by atoms with E-state index in [0.717, 1.165) is 14.6 Å². The first kappa shape index (κ1) is 13.1. The maximum absolute atomic E-state index is 13.5. The SMILES string of the molecule is N#Cc1ccc(Nc2c(Br)cccc2Br)cc1F. The monoisotopic (exact) mass is 368 g/mol. The van der Waals surface area contributed by atoms with E-state index in [1.807, 2.05) is 18.2 Å². The van der Waals surface area contributed by atoms with Crippen molar-refractivity contribution in [1.82, 2.24) is 0 Å². The molecule has 1 N–H and O–H groups in total. The summed E-state index contributed by atoms with van der Waals surface area (Å²) in [6, 6.07) is 11.8. The molecule has 0 aliphatic rings. The van der Waals surface area contributed by atoms with Crippen molar-refractivity contribution in [2.75, 3.05) is 5.32 Å². The molecule has 0 atom stereocenters. The summed E-state index contributed by atoms with van der Waals surface area (Å²) in [6.45, 7) is 0. The van der Waals surface area contributed by atoms with Crippen molar-refractivity contribution in [3.8, 4) is 6.07 Å². The van der Waals surface area contributed by atoms with Crippen molar-refractivity contribution in [3.63, 3.8) is 0 Å². The fraction of sp³-hybridized carbons (Fsp3) is 0. The van der Waals surface area contributed by atoms with Gasteiger partial charge in [-0.05, 0) is 62.2 Å². The highest BCUT2D eigenvalue weighted by atomic mass is 79.9.